The number of rotatable bonds is 5. The molecule has 3 aromatic rings. The Balaban J connectivity index is 2.15. The van der Waals surface area contributed by atoms with Gasteiger partial charge in [-0.25, -0.2) is 8.42 Å². The van der Waals surface area contributed by atoms with Crippen LogP contribution in [0.2, 0.25) is 0 Å². The van der Waals surface area contributed by atoms with Crippen LogP contribution < -0.4 is 19.8 Å². The molecule has 2 aromatic carbocycles. The number of pyridine rings is 1. The van der Waals surface area contributed by atoms with E-state index in [0.717, 1.165) is 0 Å². The lowest BCUT2D eigenvalue weighted by atomic mass is 10.1. The summed E-state index contributed by atoms with van der Waals surface area (Å²) < 4.78 is 40.4. The molecule has 0 radical (unpaired) electrons. The fourth-order valence-corrected chi connectivity index (χ4v) is 4.28. The molecule has 29 heavy (non-hydrogen) atoms. The predicted molar refractivity (Wildman–Crippen MR) is 109 cm³/mol. The smallest absolute Gasteiger partial charge is 0.265 e. The van der Waals surface area contributed by atoms with Crippen molar-refractivity contribution in [1.29, 1.82) is 5.26 Å². The minimum Gasteiger partial charge on any atom is -0.495 e. The van der Waals surface area contributed by atoms with Crippen molar-refractivity contribution < 1.29 is 17.9 Å². The van der Waals surface area contributed by atoms with E-state index >= 15 is 0 Å². The first kappa shape index (κ1) is 20.2. The monoisotopic (exact) mass is 413 g/mol. The van der Waals surface area contributed by atoms with E-state index in [1.165, 1.54) is 37.0 Å². The van der Waals surface area contributed by atoms with Gasteiger partial charge in [0.15, 0.2) is 0 Å². The van der Waals surface area contributed by atoms with Gasteiger partial charge in [0.1, 0.15) is 16.4 Å². The third-order valence-corrected chi connectivity index (χ3v) is 5.96. The maximum Gasteiger partial charge on any atom is 0.265 e. The van der Waals surface area contributed by atoms with Crippen LogP contribution in [-0.4, -0.2) is 27.2 Å². The van der Waals surface area contributed by atoms with Crippen molar-refractivity contribution >= 4 is 26.6 Å². The van der Waals surface area contributed by atoms with Gasteiger partial charge in [-0.3, -0.25) is 9.52 Å². The summed E-state index contributed by atoms with van der Waals surface area (Å²) in [6.45, 7) is 1.69. The van der Waals surface area contributed by atoms with Crippen molar-refractivity contribution in [2.24, 2.45) is 7.05 Å². The van der Waals surface area contributed by atoms with Crippen LogP contribution in [0.4, 0.5) is 5.69 Å². The van der Waals surface area contributed by atoms with Crippen molar-refractivity contribution in [3.05, 3.63) is 57.9 Å². The van der Waals surface area contributed by atoms with Crippen LogP contribution in [0.5, 0.6) is 11.5 Å². The van der Waals surface area contributed by atoms with Crippen LogP contribution in [0.25, 0.3) is 10.9 Å². The minimum atomic E-state index is -4.04. The molecule has 0 aliphatic carbocycles. The van der Waals surface area contributed by atoms with Gasteiger partial charge in [-0.1, -0.05) is 0 Å². The molecule has 0 atom stereocenters. The van der Waals surface area contributed by atoms with Gasteiger partial charge in [-0.15, -0.1) is 0 Å². The normalized spacial score (nSPS) is 11.1. The van der Waals surface area contributed by atoms with E-state index in [1.54, 1.807) is 32.2 Å². The van der Waals surface area contributed by atoms with Gasteiger partial charge in [-0.2, -0.15) is 5.26 Å². The number of nitrogens with zero attached hydrogens (tertiary/aromatic N) is 2. The number of hydrogen-bond donors (Lipinski definition) is 1. The lowest BCUT2D eigenvalue weighted by Crippen LogP contribution is -2.19. The molecule has 0 unspecified atom stereocenters. The van der Waals surface area contributed by atoms with Crippen molar-refractivity contribution in [2.75, 3.05) is 18.9 Å². The number of anilines is 1. The van der Waals surface area contributed by atoms with Gasteiger partial charge in [0.05, 0.1) is 37.1 Å². The summed E-state index contributed by atoms with van der Waals surface area (Å²) in [6, 6.07) is 10.9. The second kappa shape index (κ2) is 7.48. The zero-order valence-electron chi connectivity index (χ0n) is 16.3. The Bertz CT molecular complexity index is 1320. The molecule has 0 amide bonds. The summed E-state index contributed by atoms with van der Waals surface area (Å²) in [5, 5.41) is 9.68. The highest BCUT2D eigenvalue weighted by Gasteiger charge is 2.22. The summed E-state index contributed by atoms with van der Waals surface area (Å²) in [6.07, 6.45) is 0. The van der Waals surface area contributed by atoms with Gasteiger partial charge < -0.3 is 14.0 Å². The molecule has 9 heteroatoms. The van der Waals surface area contributed by atoms with E-state index in [9.17, 15) is 13.2 Å². The van der Waals surface area contributed by atoms with Gasteiger partial charge in [0.2, 0.25) is 0 Å². The molecule has 0 saturated heterocycles. The Hall–Kier alpha value is -3.51. The Labute approximate surface area is 168 Å². The molecule has 1 aromatic heterocycles. The summed E-state index contributed by atoms with van der Waals surface area (Å²) in [4.78, 5) is 12.1. The van der Waals surface area contributed by atoms with Crippen LogP contribution in [0.15, 0.2) is 46.1 Å². The van der Waals surface area contributed by atoms with E-state index in [4.69, 9.17) is 14.7 Å². The number of aromatic nitrogens is 1. The fraction of sp³-hybridized carbons (Fsp3) is 0.200. The van der Waals surface area contributed by atoms with Crippen molar-refractivity contribution in [3.63, 3.8) is 0 Å². The van der Waals surface area contributed by atoms with E-state index in [2.05, 4.69) is 4.72 Å². The molecule has 150 valence electrons. The first-order valence-electron chi connectivity index (χ1n) is 8.51. The molecule has 0 saturated carbocycles. The second-order valence-electron chi connectivity index (χ2n) is 6.39. The fourth-order valence-electron chi connectivity index (χ4n) is 3.07. The van der Waals surface area contributed by atoms with E-state index < -0.39 is 10.0 Å². The topological polar surface area (TPSA) is 110 Å². The number of aryl methyl sites for hydroxylation is 2. The van der Waals surface area contributed by atoms with Gasteiger partial charge in [0, 0.05) is 24.1 Å². The number of hydrogen-bond acceptors (Lipinski definition) is 6. The second-order valence-corrected chi connectivity index (χ2v) is 8.04. The summed E-state index contributed by atoms with van der Waals surface area (Å²) in [5.41, 5.74) is 1.49. The minimum absolute atomic E-state index is 0.0505. The van der Waals surface area contributed by atoms with Gasteiger partial charge in [-0.05, 0) is 37.3 Å². The first-order valence-corrected chi connectivity index (χ1v) is 9.99. The quantitative estimate of drug-likeness (QED) is 0.688. The highest BCUT2D eigenvalue weighted by molar-refractivity contribution is 7.92. The standard InChI is InChI=1S/C20H19N3O5S/c1-12-7-14-9-15(17(27-3)10-16(14)23(2)20(12)24)22-29(25,26)19-6-5-13(11-21)8-18(19)28-4/h5-10,22H,1-4H3. The Morgan fingerprint density at radius 3 is 2.38 bits per heavy atom. The van der Waals surface area contributed by atoms with Crippen LogP contribution in [0.3, 0.4) is 0 Å². The van der Waals surface area contributed by atoms with Crippen LogP contribution >= 0.6 is 0 Å². The molecule has 0 spiro atoms. The maximum atomic E-state index is 13.0. The number of methoxy groups -OCH3 is 2. The zero-order valence-corrected chi connectivity index (χ0v) is 17.1. The molecule has 8 nitrogen and oxygen atoms in total. The van der Waals surface area contributed by atoms with Crippen molar-refractivity contribution in [1.82, 2.24) is 4.57 Å². The Morgan fingerprint density at radius 2 is 1.76 bits per heavy atom. The summed E-state index contributed by atoms with van der Waals surface area (Å²) in [5.74, 6) is 0.307. The molecular weight excluding hydrogens is 394 g/mol. The number of nitrogens with one attached hydrogen (secondary N) is 1. The number of ether oxygens (including phenoxy) is 2. The van der Waals surface area contributed by atoms with Crippen LogP contribution in [0.1, 0.15) is 11.1 Å². The lowest BCUT2D eigenvalue weighted by Gasteiger charge is -2.16. The largest absolute Gasteiger partial charge is 0.495 e. The zero-order chi connectivity index (χ0) is 21.3. The number of fused-ring (bicyclic) bond motifs is 1. The van der Waals surface area contributed by atoms with Gasteiger partial charge >= 0.3 is 0 Å². The van der Waals surface area contributed by atoms with Crippen molar-refractivity contribution in [2.45, 2.75) is 11.8 Å². The number of sulfonamides is 1. The van der Waals surface area contributed by atoms with E-state index in [-0.39, 0.29) is 33.2 Å². The average Bonchev–Trinajstić information content (AvgIpc) is 2.71. The molecule has 0 aliphatic heterocycles. The average molecular weight is 413 g/mol. The highest BCUT2D eigenvalue weighted by atomic mass is 32.2. The van der Waals surface area contributed by atoms with Crippen molar-refractivity contribution in [3.8, 4) is 17.6 Å². The SMILES string of the molecule is COc1cc2c(cc1NS(=O)(=O)c1ccc(C#N)cc1OC)cc(C)c(=O)n2C. The van der Waals surface area contributed by atoms with E-state index in [1.807, 2.05) is 6.07 Å². The highest BCUT2D eigenvalue weighted by Crippen LogP contribution is 2.33. The van der Waals surface area contributed by atoms with E-state index in [0.29, 0.717) is 16.5 Å². The summed E-state index contributed by atoms with van der Waals surface area (Å²) >= 11 is 0. The summed E-state index contributed by atoms with van der Waals surface area (Å²) in [7, 11) is 0.337. The molecule has 1 heterocycles. The Morgan fingerprint density at radius 1 is 1.07 bits per heavy atom. The van der Waals surface area contributed by atoms with Gasteiger partial charge in [0.25, 0.3) is 15.6 Å². The lowest BCUT2D eigenvalue weighted by molar-refractivity contribution is 0.402. The van der Waals surface area contributed by atoms with Crippen LogP contribution in [-0.2, 0) is 17.1 Å². The predicted octanol–water partition coefficient (Wildman–Crippen LogP) is 2.54. The molecular formula is C20H19N3O5S. The number of nitriles is 1. The molecule has 3 rings (SSSR count). The number of benzene rings is 2. The third-order valence-electron chi connectivity index (χ3n) is 4.55. The van der Waals surface area contributed by atoms with Crippen LogP contribution in [0, 0.1) is 18.3 Å². The molecule has 0 fully saturated rings. The first-order chi connectivity index (χ1) is 13.7. The molecule has 1 N–H and O–H groups in total. The third kappa shape index (κ3) is 3.62. The Kier molecular flexibility index (Phi) is 5.22. The molecule has 0 bridgehead atoms. The molecule has 0 aliphatic rings. The maximum absolute atomic E-state index is 13.0.